The van der Waals surface area contributed by atoms with Gasteiger partial charge in [-0.2, -0.15) is 9.65 Å². The molecule has 9 heteroatoms. The maximum atomic E-state index is 14.2. The van der Waals surface area contributed by atoms with Gasteiger partial charge in [-0.15, -0.1) is 0 Å². The van der Waals surface area contributed by atoms with Crippen molar-refractivity contribution >= 4 is 23.5 Å². The predicted molar refractivity (Wildman–Crippen MR) is 142 cm³/mol. The first-order chi connectivity index (χ1) is 16.8. The maximum absolute atomic E-state index is 14.2. The fraction of sp³-hybridized carbons (Fsp3) is 0.308. The second-order valence-electron chi connectivity index (χ2n) is 7.31. The molecule has 0 radical (unpaired) electrons. The third kappa shape index (κ3) is 10.7. The van der Waals surface area contributed by atoms with Crippen molar-refractivity contribution in [3.05, 3.63) is 83.1 Å². The zero-order chi connectivity index (χ0) is 26.2. The summed E-state index contributed by atoms with van der Waals surface area (Å²) >= 11 is 0.923. The highest BCUT2D eigenvalue weighted by Gasteiger charge is 2.11. The SMILES string of the molecule is CC.C[C@@H](N)CCNc1cc(F)c(SNc2cccc(F)n2)cc1C#N.Cc1ccccc1CN. The van der Waals surface area contributed by atoms with Crippen LogP contribution in [0.25, 0.3) is 0 Å². The van der Waals surface area contributed by atoms with Crippen molar-refractivity contribution < 1.29 is 8.78 Å². The van der Waals surface area contributed by atoms with E-state index in [9.17, 15) is 14.0 Å². The van der Waals surface area contributed by atoms with E-state index in [4.69, 9.17) is 11.5 Å². The van der Waals surface area contributed by atoms with E-state index in [0.29, 0.717) is 30.8 Å². The Morgan fingerprint density at radius 1 is 1.11 bits per heavy atom. The molecule has 0 fully saturated rings. The molecule has 0 aliphatic carbocycles. The van der Waals surface area contributed by atoms with E-state index in [-0.39, 0.29) is 16.8 Å². The summed E-state index contributed by atoms with van der Waals surface area (Å²) in [6.45, 7) is 9.14. The van der Waals surface area contributed by atoms with Gasteiger partial charge in [0.1, 0.15) is 17.7 Å². The Labute approximate surface area is 211 Å². The van der Waals surface area contributed by atoms with Crippen LogP contribution in [0.15, 0.2) is 59.5 Å². The molecule has 0 bridgehead atoms. The first kappa shape index (κ1) is 29.8. The lowest BCUT2D eigenvalue weighted by Gasteiger charge is -2.12. The fourth-order valence-corrected chi connectivity index (χ4v) is 3.38. The molecule has 6 N–H and O–H groups in total. The molecule has 188 valence electrons. The number of halogens is 2. The molecular formula is C26H34F2N6S. The monoisotopic (exact) mass is 500 g/mol. The standard InChI is InChI=1S/C16H17F2N5S.C8H11N.C2H6/c1-10(20)5-6-21-13-8-12(17)14(7-11(13)9-19)24-23-16-4-2-3-15(18)22-16;1-7-4-2-3-5-8(7)6-9;1-2/h2-4,7-8,10,21H,5-6,20H2,1H3,(H,22,23);2-5H,6,9H2,1H3;1-2H3/t10-;;/m1../s1. The van der Waals surface area contributed by atoms with Crippen LogP contribution in [0.1, 0.15) is 43.9 Å². The van der Waals surface area contributed by atoms with Crippen molar-refractivity contribution in [3.8, 4) is 6.07 Å². The summed E-state index contributed by atoms with van der Waals surface area (Å²) in [4.78, 5) is 3.84. The molecule has 0 unspecified atom stereocenters. The van der Waals surface area contributed by atoms with Crippen molar-refractivity contribution in [1.82, 2.24) is 4.98 Å². The molecule has 0 aliphatic heterocycles. The van der Waals surface area contributed by atoms with Crippen molar-refractivity contribution in [1.29, 1.82) is 5.26 Å². The molecule has 1 aromatic heterocycles. The molecule has 2 aromatic carbocycles. The van der Waals surface area contributed by atoms with Gasteiger partial charge < -0.3 is 21.5 Å². The van der Waals surface area contributed by atoms with Gasteiger partial charge in [-0.05, 0) is 67.6 Å². The van der Waals surface area contributed by atoms with Crippen LogP contribution < -0.4 is 21.5 Å². The Morgan fingerprint density at radius 2 is 1.83 bits per heavy atom. The van der Waals surface area contributed by atoms with Gasteiger partial charge in [0.25, 0.3) is 0 Å². The Hall–Kier alpha value is -3.19. The molecule has 0 spiro atoms. The molecule has 3 rings (SSSR count). The van der Waals surface area contributed by atoms with Crippen LogP contribution in [-0.2, 0) is 6.54 Å². The quantitative estimate of drug-likeness (QED) is 0.222. The Bertz CT molecular complexity index is 1090. The molecule has 3 aromatic rings. The summed E-state index contributed by atoms with van der Waals surface area (Å²) in [5.41, 5.74) is 14.4. The number of anilines is 2. The molecule has 6 nitrogen and oxygen atoms in total. The summed E-state index contributed by atoms with van der Waals surface area (Å²) < 4.78 is 30.0. The molecular weight excluding hydrogens is 466 g/mol. The third-order valence-corrected chi connectivity index (χ3v) is 5.41. The summed E-state index contributed by atoms with van der Waals surface area (Å²) in [5, 5.41) is 12.2. The third-order valence-electron chi connectivity index (χ3n) is 4.57. The average molecular weight is 501 g/mol. The molecule has 0 saturated carbocycles. The summed E-state index contributed by atoms with van der Waals surface area (Å²) in [6.07, 6.45) is 0.704. The minimum absolute atomic E-state index is 0.0191. The lowest BCUT2D eigenvalue weighted by Crippen LogP contribution is -2.19. The van der Waals surface area contributed by atoms with Gasteiger partial charge in [0, 0.05) is 19.1 Å². The number of nitriles is 1. The molecule has 35 heavy (non-hydrogen) atoms. The Kier molecular flexibility index (Phi) is 14.0. The second kappa shape index (κ2) is 16.4. The number of pyridine rings is 1. The van der Waals surface area contributed by atoms with Gasteiger partial charge in [0.05, 0.1) is 16.1 Å². The first-order valence-electron chi connectivity index (χ1n) is 11.4. The van der Waals surface area contributed by atoms with E-state index in [1.165, 1.54) is 35.4 Å². The predicted octanol–water partition coefficient (Wildman–Crippen LogP) is 5.98. The van der Waals surface area contributed by atoms with Crippen molar-refractivity contribution in [2.75, 3.05) is 16.6 Å². The van der Waals surface area contributed by atoms with E-state index in [0.717, 1.165) is 11.9 Å². The van der Waals surface area contributed by atoms with E-state index in [1.54, 1.807) is 6.07 Å². The first-order valence-corrected chi connectivity index (χ1v) is 12.2. The minimum atomic E-state index is -0.632. The van der Waals surface area contributed by atoms with Crippen molar-refractivity contribution in [2.45, 2.75) is 51.6 Å². The molecule has 0 aliphatic rings. The zero-order valence-corrected chi connectivity index (χ0v) is 21.4. The summed E-state index contributed by atoms with van der Waals surface area (Å²) in [7, 11) is 0. The fourth-order valence-electron chi connectivity index (χ4n) is 2.72. The number of aryl methyl sites for hydroxylation is 1. The highest BCUT2D eigenvalue weighted by atomic mass is 32.2. The molecule has 1 atom stereocenters. The van der Waals surface area contributed by atoms with Gasteiger partial charge >= 0.3 is 0 Å². The number of hydrogen-bond donors (Lipinski definition) is 4. The van der Waals surface area contributed by atoms with Crippen LogP contribution >= 0.6 is 11.9 Å². The number of nitrogens with two attached hydrogens (primary N) is 2. The lowest BCUT2D eigenvalue weighted by molar-refractivity contribution is 0.586. The van der Waals surface area contributed by atoms with Crippen molar-refractivity contribution in [3.63, 3.8) is 0 Å². The van der Waals surface area contributed by atoms with E-state index < -0.39 is 11.8 Å². The number of nitrogens with one attached hydrogen (secondary N) is 2. The number of hydrogen-bond acceptors (Lipinski definition) is 7. The highest BCUT2D eigenvalue weighted by molar-refractivity contribution is 8.00. The van der Waals surface area contributed by atoms with E-state index in [1.807, 2.05) is 39.0 Å². The average Bonchev–Trinajstić information content (AvgIpc) is 2.85. The van der Waals surface area contributed by atoms with Gasteiger partial charge in [-0.25, -0.2) is 9.37 Å². The second-order valence-corrected chi connectivity index (χ2v) is 8.16. The number of aromatic nitrogens is 1. The maximum Gasteiger partial charge on any atom is 0.214 e. The van der Waals surface area contributed by atoms with Crippen LogP contribution in [0.5, 0.6) is 0 Å². The molecule has 0 saturated heterocycles. The topological polar surface area (TPSA) is 113 Å². The number of rotatable bonds is 8. The Morgan fingerprint density at radius 3 is 2.40 bits per heavy atom. The minimum Gasteiger partial charge on any atom is -0.384 e. The summed E-state index contributed by atoms with van der Waals surface area (Å²) in [6, 6.07) is 17.2. The van der Waals surface area contributed by atoms with Crippen LogP contribution in [0, 0.1) is 30.0 Å². The smallest absolute Gasteiger partial charge is 0.214 e. The highest BCUT2D eigenvalue weighted by Crippen LogP contribution is 2.28. The van der Waals surface area contributed by atoms with Gasteiger partial charge in [0.15, 0.2) is 0 Å². The Balaban J connectivity index is 0.000000464. The lowest BCUT2D eigenvalue weighted by atomic mass is 10.1. The van der Waals surface area contributed by atoms with Crippen LogP contribution in [0.2, 0.25) is 0 Å². The van der Waals surface area contributed by atoms with Crippen LogP contribution in [0.3, 0.4) is 0 Å². The van der Waals surface area contributed by atoms with E-state index in [2.05, 4.69) is 34.1 Å². The van der Waals surface area contributed by atoms with Gasteiger partial charge in [0.2, 0.25) is 5.95 Å². The van der Waals surface area contributed by atoms with Gasteiger partial charge in [-0.3, -0.25) is 0 Å². The summed E-state index contributed by atoms with van der Waals surface area (Å²) in [5.74, 6) is -0.865. The van der Waals surface area contributed by atoms with Gasteiger partial charge in [-0.1, -0.05) is 44.2 Å². The molecule has 0 amide bonds. The zero-order valence-electron chi connectivity index (χ0n) is 20.6. The normalized spacial score (nSPS) is 10.6. The van der Waals surface area contributed by atoms with Crippen LogP contribution in [0.4, 0.5) is 20.3 Å². The number of nitrogens with zero attached hydrogens (tertiary/aromatic N) is 2. The number of benzene rings is 2. The van der Waals surface area contributed by atoms with Crippen LogP contribution in [-0.4, -0.2) is 17.6 Å². The largest absolute Gasteiger partial charge is 0.384 e. The van der Waals surface area contributed by atoms with Crippen molar-refractivity contribution in [2.24, 2.45) is 11.5 Å². The molecule has 1 heterocycles. The van der Waals surface area contributed by atoms with E-state index >= 15 is 0 Å².